The highest BCUT2D eigenvalue weighted by Crippen LogP contribution is 2.29. The van der Waals surface area contributed by atoms with Crippen molar-refractivity contribution in [2.45, 2.75) is 38.4 Å². The van der Waals surface area contributed by atoms with Crippen LogP contribution >= 0.6 is 0 Å². The number of ether oxygens (including phenoxy) is 2. The molecule has 3 aliphatic rings. The minimum absolute atomic E-state index is 0.00555. The van der Waals surface area contributed by atoms with Gasteiger partial charge >= 0.3 is 0 Å². The first-order valence-electron chi connectivity index (χ1n) is 13.4. The number of imide groups is 1. The molecular formula is C26H38N6O7. The van der Waals surface area contributed by atoms with Crippen LogP contribution in [0.15, 0.2) is 18.2 Å². The minimum Gasteiger partial charge on any atom is -0.378 e. The Morgan fingerprint density at radius 1 is 1.10 bits per heavy atom. The van der Waals surface area contributed by atoms with Crippen LogP contribution in [0.2, 0.25) is 0 Å². The van der Waals surface area contributed by atoms with Crippen LogP contribution < -0.4 is 16.5 Å². The third kappa shape index (κ3) is 7.51. The lowest BCUT2D eigenvalue weighted by Crippen LogP contribution is -2.55. The van der Waals surface area contributed by atoms with E-state index in [1.54, 1.807) is 6.07 Å². The minimum atomic E-state index is -0.650. The molecule has 214 valence electrons. The number of carbonyl (C=O) groups excluding carboxylic acids is 4. The maximum Gasteiger partial charge on any atom is 0.255 e. The molecular weight excluding hydrogens is 508 g/mol. The average molecular weight is 547 g/mol. The Kier molecular flexibility index (Phi) is 10.2. The van der Waals surface area contributed by atoms with E-state index >= 15 is 0 Å². The van der Waals surface area contributed by atoms with Crippen LogP contribution in [0.1, 0.15) is 35.7 Å². The normalized spacial score (nSPS) is 21.7. The lowest BCUT2D eigenvalue weighted by molar-refractivity contribution is -0.137. The number of carbonyl (C=O) groups is 4. The van der Waals surface area contributed by atoms with Crippen LogP contribution in [-0.4, -0.2) is 116 Å². The van der Waals surface area contributed by atoms with E-state index in [0.29, 0.717) is 63.8 Å². The molecule has 3 aliphatic heterocycles. The predicted molar refractivity (Wildman–Crippen MR) is 140 cm³/mol. The van der Waals surface area contributed by atoms with Crippen molar-refractivity contribution in [1.29, 1.82) is 0 Å². The Bertz CT molecular complexity index is 1050. The van der Waals surface area contributed by atoms with Gasteiger partial charge in [-0.15, -0.1) is 0 Å². The second-order valence-corrected chi connectivity index (χ2v) is 9.96. The van der Waals surface area contributed by atoms with Crippen molar-refractivity contribution in [3.8, 4) is 0 Å². The number of amides is 4. The van der Waals surface area contributed by atoms with Gasteiger partial charge in [-0.3, -0.25) is 29.4 Å². The van der Waals surface area contributed by atoms with Crippen molar-refractivity contribution in [3.05, 3.63) is 29.3 Å². The maximum absolute atomic E-state index is 13.0. The molecule has 1 aromatic carbocycles. The smallest absolute Gasteiger partial charge is 0.255 e. The topological polar surface area (TPSA) is 156 Å². The maximum atomic E-state index is 13.0. The fourth-order valence-electron chi connectivity index (χ4n) is 5.17. The van der Waals surface area contributed by atoms with Gasteiger partial charge in [0.25, 0.3) is 5.91 Å². The average Bonchev–Trinajstić information content (AvgIpc) is 3.24. The molecule has 2 saturated heterocycles. The van der Waals surface area contributed by atoms with E-state index in [4.69, 9.17) is 15.4 Å². The first-order chi connectivity index (χ1) is 18.9. The number of benzene rings is 1. The second kappa shape index (κ2) is 13.8. The highest BCUT2D eigenvalue weighted by molar-refractivity contribution is 6.05. The summed E-state index contributed by atoms with van der Waals surface area (Å²) in [6.07, 6.45) is 0.539. The molecule has 0 aliphatic carbocycles. The second-order valence-electron chi connectivity index (χ2n) is 9.96. The van der Waals surface area contributed by atoms with Gasteiger partial charge in [-0.25, -0.2) is 5.90 Å². The summed E-state index contributed by atoms with van der Waals surface area (Å²) < 4.78 is 10.9. The zero-order valence-electron chi connectivity index (χ0n) is 22.4. The third-order valence-electron chi connectivity index (χ3n) is 7.27. The standard InChI is InChI=1S/C26H38N6O7/c1-18-16-30(8-9-37-10-11-38-12-13-39-27)6-7-31(18)24(34)15-28-20-3-2-19-17-32(26(36)21(19)14-20)22-4-5-23(33)29-25(22)35/h2-3,14,18,22,28H,4-13,15-17,27H2,1H3,(H,29,33,35). The molecule has 4 rings (SSSR count). The summed E-state index contributed by atoms with van der Waals surface area (Å²) in [5, 5.41) is 5.46. The van der Waals surface area contributed by atoms with Crippen molar-refractivity contribution >= 4 is 29.3 Å². The molecule has 0 spiro atoms. The Labute approximate surface area is 227 Å². The quantitative estimate of drug-likeness (QED) is 0.165. The van der Waals surface area contributed by atoms with Gasteiger partial charge in [-0.2, -0.15) is 0 Å². The summed E-state index contributed by atoms with van der Waals surface area (Å²) in [4.78, 5) is 59.8. The van der Waals surface area contributed by atoms with Crippen LogP contribution in [0.5, 0.6) is 0 Å². The number of anilines is 1. The van der Waals surface area contributed by atoms with Gasteiger partial charge in [0.15, 0.2) is 0 Å². The lowest BCUT2D eigenvalue weighted by Gasteiger charge is -2.40. The molecule has 4 N–H and O–H groups in total. The summed E-state index contributed by atoms with van der Waals surface area (Å²) in [6, 6.07) is 4.83. The Hall–Kier alpha value is -3.10. The van der Waals surface area contributed by atoms with Crippen molar-refractivity contribution in [1.82, 2.24) is 20.0 Å². The highest BCUT2D eigenvalue weighted by Gasteiger charge is 2.39. The predicted octanol–water partition coefficient (Wildman–Crippen LogP) is -0.684. The Morgan fingerprint density at radius 3 is 2.62 bits per heavy atom. The number of hydrogen-bond donors (Lipinski definition) is 3. The molecule has 0 radical (unpaired) electrons. The van der Waals surface area contributed by atoms with Crippen LogP contribution in [-0.2, 0) is 35.2 Å². The van der Waals surface area contributed by atoms with Gasteiger partial charge in [0, 0.05) is 56.4 Å². The summed E-state index contributed by atoms with van der Waals surface area (Å²) in [6.45, 7) is 7.83. The molecule has 2 unspecified atom stereocenters. The van der Waals surface area contributed by atoms with E-state index in [1.807, 2.05) is 24.0 Å². The van der Waals surface area contributed by atoms with E-state index < -0.39 is 11.9 Å². The largest absolute Gasteiger partial charge is 0.378 e. The van der Waals surface area contributed by atoms with Gasteiger partial charge < -0.3 is 29.4 Å². The number of nitrogens with zero attached hydrogens (tertiary/aromatic N) is 3. The molecule has 3 heterocycles. The first kappa shape index (κ1) is 28.9. The molecule has 2 fully saturated rings. The third-order valence-corrected chi connectivity index (χ3v) is 7.27. The van der Waals surface area contributed by atoms with Crippen LogP contribution in [0, 0.1) is 0 Å². The highest BCUT2D eigenvalue weighted by atomic mass is 16.6. The van der Waals surface area contributed by atoms with Gasteiger partial charge in [0.05, 0.1) is 39.6 Å². The van der Waals surface area contributed by atoms with Gasteiger partial charge in [0.2, 0.25) is 17.7 Å². The van der Waals surface area contributed by atoms with E-state index in [9.17, 15) is 19.2 Å². The number of nitrogens with two attached hydrogens (primary N) is 1. The van der Waals surface area contributed by atoms with Crippen molar-refractivity contribution in [2.24, 2.45) is 5.90 Å². The first-order valence-corrected chi connectivity index (χ1v) is 13.4. The van der Waals surface area contributed by atoms with Gasteiger partial charge in [-0.05, 0) is 31.0 Å². The van der Waals surface area contributed by atoms with E-state index in [1.165, 1.54) is 4.90 Å². The fourth-order valence-corrected chi connectivity index (χ4v) is 5.17. The summed E-state index contributed by atoms with van der Waals surface area (Å²) in [7, 11) is 0. The van der Waals surface area contributed by atoms with Gasteiger partial charge in [-0.1, -0.05) is 6.07 Å². The molecule has 2 atom stereocenters. The monoisotopic (exact) mass is 546 g/mol. The number of hydrogen-bond acceptors (Lipinski definition) is 10. The number of piperidine rings is 1. The van der Waals surface area contributed by atoms with Crippen molar-refractivity contribution in [3.63, 3.8) is 0 Å². The van der Waals surface area contributed by atoms with E-state index in [2.05, 4.69) is 20.4 Å². The molecule has 13 heteroatoms. The molecule has 1 aromatic rings. The van der Waals surface area contributed by atoms with Crippen LogP contribution in [0.3, 0.4) is 0 Å². The SMILES string of the molecule is CC1CN(CCOCCOCCON)CCN1C(=O)CNc1ccc2c(c1)C(=O)N(C1CCC(=O)NC1=O)C2. The molecule has 0 saturated carbocycles. The van der Waals surface area contributed by atoms with E-state index in [0.717, 1.165) is 25.2 Å². The Morgan fingerprint density at radius 2 is 1.87 bits per heavy atom. The molecule has 4 amide bonds. The van der Waals surface area contributed by atoms with Crippen LogP contribution in [0.4, 0.5) is 5.69 Å². The summed E-state index contributed by atoms with van der Waals surface area (Å²) >= 11 is 0. The van der Waals surface area contributed by atoms with Crippen molar-refractivity contribution in [2.75, 3.05) is 71.1 Å². The fraction of sp³-hybridized carbons (Fsp3) is 0.615. The van der Waals surface area contributed by atoms with Crippen LogP contribution in [0.25, 0.3) is 0 Å². The molecule has 0 bridgehead atoms. The molecule has 39 heavy (non-hydrogen) atoms. The Balaban J connectivity index is 1.19. The molecule has 13 nitrogen and oxygen atoms in total. The lowest BCUT2D eigenvalue weighted by atomic mass is 10.0. The van der Waals surface area contributed by atoms with Gasteiger partial charge in [0.1, 0.15) is 6.04 Å². The number of rotatable bonds is 13. The van der Waals surface area contributed by atoms with E-state index in [-0.39, 0.29) is 36.7 Å². The summed E-state index contributed by atoms with van der Waals surface area (Å²) in [5.41, 5.74) is 2.00. The number of nitrogens with one attached hydrogen (secondary N) is 2. The number of fused-ring (bicyclic) bond motifs is 1. The molecule has 0 aromatic heterocycles. The zero-order valence-corrected chi connectivity index (χ0v) is 22.4. The zero-order chi connectivity index (χ0) is 27.8. The summed E-state index contributed by atoms with van der Waals surface area (Å²) in [5.74, 6) is 3.95. The van der Waals surface area contributed by atoms with Crippen molar-refractivity contribution < 1.29 is 33.5 Å². The number of piperazine rings is 1.